The second kappa shape index (κ2) is 7.98. The minimum atomic E-state index is -0.152. The molecule has 0 saturated heterocycles. The topological polar surface area (TPSA) is 93.9 Å². The summed E-state index contributed by atoms with van der Waals surface area (Å²) >= 11 is 1.35. The quantitative estimate of drug-likeness (QED) is 0.512. The van der Waals surface area contributed by atoms with Gasteiger partial charge in [-0.2, -0.15) is 4.98 Å². The zero-order valence-electron chi connectivity index (χ0n) is 14.0. The van der Waals surface area contributed by atoms with Crippen molar-refractivity contribution in [3.8, 4) is 17.1 Å². The summed E-state index contributed by atoms with van der Waals surface area (Å²) in [7, 11) is 1.60. The lowest BCUT2D eigenvalue weighted by Gasteiger charge is -2.03. The van der Waals surface area contributed by atoms with Gasteiger partial charge in [-0.25, -0.2) is 4.98 Å². The van der Waals surface area contributed by atoms with Crippen molar-refractivity contribution in [2.45, 2.75) is 30.7 Å². The first-order valence-corrected chi connectivity index (χ1v) is 8.87. The third kappa shape index (κ3) is 4.27. The number of H-pyrrole nitrogens is 1. The van der Waals surface area contributed by atoms with Crippen LogP contribution in [0.25, 0.3) is 11.4 Å². The first kappa shape index (κ1) is 17.2. The van der Waals surface area contributed by atoms with Gasteiger partial charge in [0.05, 0.1) is 18.4 Å². The third-order valence-corrected chi connectivity index (χ3v) is 4.29. The summed E-state index contributed by atoms with van der Waals surface area (Å²) in [6.45, 7) is 2.05. The summed E-state index contributed by atoms with van der Waals surface area (Å²) in [5.41, 5.74) is 1.40. The molecule has 0 spiro atoms. The number of benzene rings is 1. The standard InChI is InChI=1S/C17H18N4O3S/c1-3-6-11-9-14(22)19-17(18-11)25-10-15-20-16(21-24-15)12-7-4-5-8-13(12)23-2/h4-5,7-9H,3,6,10H2,1-2H3,(H,18,19,22). The summed E-state index contributed by atoms with van der Waals surface area (Å²) < 4.78 is 10.6. The summed E-state index contributed by atoms with van der Waals surface area (Å²) in [5, 5.41) is 4.55. The van der Waals surface area contributed by atoms with E-state index in [1.54, 1.807) is 7.11 Å². The van der Waals surface area contributed by atoms with E-state index >= 15 is 0 Å². The molecule has 1 N–H and O–H groups in total. The SMILES string of the molecule is CCCc1cc(=O)[nH]c(SCc2nc(-c3ccccc3OC)no2)n1. The predicted octanol–water partition coefficient (Wildman–Crippen LogP) is 3.07. The predicted molar refractivity (Wildman–Crippen MR) is 94.7 cm³/mol. The normalized spacial score (nSPS) is 10.8. The van der Waals surface area contributed by atoms with Crippen LogP contribution in [0.1, 0.15) is 24.9 Å². The molecule has 0 aliphatic heterocycles. The van der Waals surface area contributed by atoms with Crippen LogP contribution in [-0.4, -0.2) is 27.2 Å². The molecule has 0 atom stereocenters. The number of para-hydroxylation sites is 1. The highest BCUT2D eigenvalue weighted by atomic mass is 32.2. The molecule has 130 valence electrons. The van der Waals surface area contributed by atoms with Crippen molar-refractivity contribution in [2.24, 2.45) is 0 Å². The largest absolute Gasteiger partial charge is 0.496 e. The van der Waals surface area contributed by atoms with Gasteiger partial charge in [0, 0.05) is 11.8 Å². The molecule has 0 radical (unpaired) electrons. The van der Waals surface area contributed by atoms with E-state index in [0.29, 0.717) is 28.4 Å². The lowest BCUT2D eigenvalue weighted by atomic mass is 10.2. The number of aryl methyl sites for hydroxylation is 1. The van der Waals surface area contributed by atoms with Crippen molar-refractivity contribution < 1.29 is 9.26 Å². The lowest BCUT2D eigenvalue weighted by molar-refractivity contribution is 0.390. The summed E-state index contributed by atoms with van der Waals surface area (Å²) in [6.07, 6.45) is 1.71. The molecule has 0 unspecified atom stereocenters. The van der Waals surface area contributed by atoms with Crippen LogP contribution in [-0.2, 0) is 12.2 Å². The van der Waals surface area contributed by atoms with Gasteiger partial charge >= 0.3 is 0 Å². The second-order valence-electron chi connectivity index (χ2n) is 5.29. The van der Waals surface area contributed by atoms with Crippen molar-refractivity contribution in [2.75, 3.05) is 7.11 Å². The fraction of sp³-hybridized carbons (Fsp3) is 0.294. The van der Waals surface area contributed by atoms with Crippen LogP contribution in [0.2, 0.25) is 0 Å². The first-order chi connectivity index (χ1) is 12.2. The molecule has 3 aromatic rings. The van der Waals surface area contributed by atoms with Gasteiger partial charge < -0.3 is 14.2 Å². The molecule has 0 amide bonds. The highest BCUT2D eigenvalue weighted by molar-refractivity contribution is 7.98. The highest BCUT2D eigenvalue weighted by Gasteiger charge is 2.13. The number of aromatic amines is 1. The van der Waals surface area contributed by atoms with E-state index in [2.05, 4.69) is 20.1 Å². The molecular weight excluding hydrogens is 340 g/mol. The second-order valence-corrected chi connectivity index (χ2v) is 6.26. The van der Waals surface area contributed by atoms with Crippen molar-refractivity contribution in [3.63, 3.8) is 0 Å². The smallest absolute Gasteiger partial charge is 0.251 e. The molecule has 0 fully saturated rings. The maximum atomic E-state index is 11.7. The van der Waals surface area contributed by atoms with Crippen LogP contribution in [0.15, 0.2) is 44.8 Å². The number of ether oxygens (including phenoxy) is 1. The molecule has 0 bridgehead atoms. The minimum Gasteiger partial charge on any atom is -0.496 e. The van der Waals surface area contributed by atoms with E-state index in [-0.39, 0.29) is 5.56 Å². The molecule has 7 nitrogen and oxygen atoms in total. The Morgan fingerprint density at radius 2 is 2.12 bits per heavy atom. The number of thioether (sulfide) groups is 1. The van der Waals surface area contributed by atoms with Crippen LogP contribution >= 0.6 is 11.8 Å². The maximum absolute atomic E-state index is 11.7. The zero-order chi connectivity index (χ0) is 17.6. The molecule has 8 heteroatoms. The number of nitrogens with zero attached hydrogens (tertiary/aromatic N) is 3. The molecule has 1 aromatic carbocycles. The lowest BCUT2D eigenvalue weighted by Crippen LogP contribution is -2.09. The summed E-state index contributed by atoms with van der Waals surface area (Å²) in [4.78, 5) is 23.2. The average Bonchev–Trinajstić information content (AvgIpc) is 3.08. The number of hydrogen-bond acceptors (Lipinski definition) is 7. The number of methoxy groups -OCH3 is 1. The molecule has 3 rings (SSSR count). The Morgan fingerprint density at radius 1 is 1.28 bits per heavy atom. The summed E-state index contributed by atoms with van der Waals surface area (Å²) in [5.74, 6) is 2.02. The monoisotopic (exact) mass is 358 g/mol. The Bertz CT molecular complexity index is 907. The van der Waals surface area contributed by atoms with Gasteiger partial charge in [0.25, 0.3) is 5.56 Å². The van der Waals surface area contributed by atoms with Gasteiger partial charge in [-0.3, -0.25) is 4.79 Å². The van der Waals surface area contributed by atoms with Crippen LogP contribution in [0.4, 0.5) is 0 Å². The molecule has 2 aromatic heterocycles. The van der Waals surface area contributed by atoms with Crippen LogP contribution in [0.5, 0.6) is 5.75 Å². The van der Waals surface area contributed by atoms with Gasteiger partial charge in [0.2, 0.25) is 11.7 Å². The molecule has 0 aliphatic carbocycles. The fourth-order valence-electron chi connectivity index (χ4n) is 2.32. The van der Waals surface area contributed by atoms with Gasteiger partial charge in [0.15, 0.2) is 5.16 Å². The van der Waals surface area contributed by atoms with E-state index in [1.165, 1.54) is 17.8 Å². The average molecular weight is 358 g/mol. The zero-order valence-corrected chi connectivity index (χ0v) is 14.8. The molecule has 2 heterocycles. The molecule has 0 aliphatic rings. The Labute approximate surface area is 148 Å². The number of rotatable bonds is 7. The fourth-order valence-corrected chi connectivity index (χ4v) is 3.05. The van der Waals surface area contributed by atoms with E-state index in [4.69, 9.17) is 9.26 Å². The van der Waals surface area contributed by atoms with E-state index in [0.717, 1.165) is 24.1 Å². The molecular formula is C17H18N4O3S. The number of nitrogens with one attached hydrogen (secondary N) is 1. The van der Waals surface area contributed by atoms with Crippen molar-refractivity contribution >= 4 is 11.8 Å². The summed E-state index contributed by atoms with van der Waals surface area (Å²) in [6, 6.07) is 9.00. The van der Waals surface area contributed by atoms with Gasteiger partial charge in [-0.15, -0.1) is 0 Å². The van der Waals surface area contributed by atoms with E-state index < -0.39 is 0 Å². The van der Waals surface area contributed by atoms with E-state index in [9.17, 15) is 4.79 Å². The number of aromatic nitrogens is 4. The van der Waals surface area contributed by atoms with Crippen LogP contribution in [0.3, 0.4) is 0 Å². The Morgan fingerprint density at radius 3 is 2.92 bits per heavy atom. The third-order valence-electron chi connectivity index (χ3n) is 3.43. The van der Waals surface area contributed by atoms with Crippen LogP contribution < -0.4 is 10.3 Å². The van der Waals surface area contributed by atoms with Gasteiger partial charge in [-0.1, -0.05) is 42.4 Å². The first-order valence-electron chi connectivity index (χ1n) is 7.88. The molecule has 0 saturated carbocycles. The Balaban J connectivity index is 1.73. The van der Waals surface area contributed by atoms with Gasteiger partial charge in [-0.05, 0) is 18.6 Å². The van der Waals surface area contributed by atoms with Crippen molar-refractivity contribution in [3.05, 3.63) is 52.3 Å². The molecule has 25 heavy (non-hydrogen) atoms. The van der Waals surface area contributed by atoms with Crippen molar-refractivity contribution in [1.82, 2.24) is 20.1 Å². The van der Waals surface area contributed by atoms with Gasteiger partial charge in [0.1, 0.15) is 5.75 Å². The Hall–Kier alpha value is -2.61. The Kier molecular flexibility index (Phi) is 5.49. The minimum absolute atomic E-state index is 0.152. The van der Waals surface area contributed by atoms with Crippen LogP contribution in [0, 0.1) is 0 Å². The van der Waals surface area contributed by atoms with E-state index in [1.807, 2.05) is 31.2 Å². The maximum Gasteiger partial charge on any atom is 0.251 e. The number of hydrogen-bond donors (Lipinski definition) is 1. The van der Waals surface area contributed by atoms with Crippen molar-refractivity contribution in [1.29, 1.82) is 0 Å². The highest BCUT2D eigenvalue weighted by Crippen LogP contribution is 2.28.